The van der Waals surface area contributed by atoms with Crippen molar-refractivity contribution in [3.63, 3.8) is 0 Å². The number of rotatable bonds is 1. The summed E-state index contributed by atoms with van der Waals surface area (Å²) in [5, 5.41) is 1.98. The molecule has 3 aromatic rings. The summed E-state index contributed by atoms with van der Waals surface area (Å²) in [6, 6.07) is 17.5. The molecule has 1 aliphatic heterocycles. The van der Waals surface area contributed by atoms with Crippen LogP contribution in [0.5, 0.6) is 0 Å². The standard InChI is InChI=1S/C17H11NO2/c19-17-15-12-6-2-1-5-11(12)8-9-13(15)16(20-17)14-7-3-4-10-18-14/h1-10,16H. The fourth-order valence-electron chi connectivity index (χ4n) is 2.71. The van der Waals surface area contributed by atoms with E-state index >= 15 is 0 Å². The molecule has 0 bridgehead atoms. The zero-order valence-electron chi connectivity index (χ0n) is 10.6. The number of ether oxygens (including phenoxy) is 1. The fourth-order valence-corrected chi connectivity index (χ4v) is 2.71. The molecule has 0 N–H and O–H groups in total. The SMILES string of the molecule is O=C1OC(c2ccccn2)c2ccc3ccccc3c21. The van der Waals surface area contributed by atoms with Crippen molar-refractivity contribution in [1.82, 2.24) is 4.98 Å². The topological polar surface area (TPSA) is 39.2 Å². The molecule has 1 atom stereocenters. The quantitative estimate of drug-likeness (QED) is 0.629. The number of carbonyl (C=O) groups excluding carboxylic acids is 1. The minimum atomic E-state index is -0.400. The molecule has 3 nitrogen and oxygen atoms in total. The van der Waals surface area contributed by atoms with Crippen LogP contribution >= 0.6 is 0 Å². The van der Waals surface area contributed by atoms with Crippen LogP contribution in [-0.2, 0) is 4.74 Å². The van der Waals surface area contributed by atoms with Gasteiger partial charge in [0.25, 0.3) is 0 Å². The van der Waals surface area contributed by atoms with Crippen molar-refractivity contribution < 1.29 is 9.53 Å². The van der Waals surface area contributed by atoms with Gasteiger partial charge in [-0.3, -0.25) is 4.98 Å². The lowest BCUT2D eigenvalue weighted by atomic mass is 9.96. The van der Waals surface area contributed by atoms with Crippen molar-refractivity contribution in [2.24, 2.45) is 0 Å². The predicted molar refractivity (Wildman–Crippen MR) is 75.4 cm³/mol. The molecular weight excluding hydrogens is 250 g/mol. The number of nitrogens with zero attached hydrogens (tertiary/aromatic N) is 1. The summed E-state index contributed by atoms with van der Waals surface area (Å²) < 4.78 is 5.52. The second kappa shape index (κ2) is 4.17. The van der Waals surface area contributed by atoms with Crippen LogP contribution in [0, 0.1) is 0 Å². The number of esters is 1. The molecule has 0 radical (unpaired) electrons. The Balaban J connectivity index is 1.96. The van der Waals surface area contributed by atoms with Gasteiger partial charge in [0.15, 0.2) is 6.10 Å². The van der Waals surface area contributed by atoms with E-state index in [4.69, 9.17) is 4.74 Å². The van der Waals surface area contributed by atoms with Gasteiger partial charge in [-0.15, -0.1) is 0 Å². The Hall–Kier alpha value is -2.68. The molecule has 0 fully saturated rings. The Morgan fingerprint density at radius 2 is 1.80 bits per heavy atom. The lowest BCUT2D eigenvalue weighted by molar-refractivity contribution is 0.0451. The molecule has 20 heavy (non-hydrogen) atoms. The summed E-state index contributed by atoms with van der Waals surface area (Å²) in [5.74, 6) is -0.271. The first kappa shape index (κ1) is 11.2. The smallest absolute Gasteiger partial charge is 0.340 e. The average molecular weight is 261 g/mol. The van der Waals surface area contributed by atoms with Crippen molar-refractivity contribution >= 4 is 16.7 Å². The van der Waals surface area contributed by atoms with E-state index in [-0.39, 0.29) is 5.97 Å². The molecule has 0 spiro atoms. The second-order valence-electron chi connectivity index (χ2n) is 4.79. The average Bonchev–Trinajstić information content (AvgIpc) is 2.86. The van der Waals surface area contributed by atoms with Crippen molar-refractivity contribution in [3.8, 4) is 0 Å². The summed E-state index contributed by atoms with van der Waals surface area (Å²) in [6.07, 6.45) is 1.31. The lowest BCUT2D eigenvalue weighted by Crippen LogP contribution is -2.02. The van der Waals surface area contributed by atoms with Gasteiger partial charge < -0.3 is 4.74 Å². The Kier molecular flexibility index (Phi) is 2.33. The van der Waals surface area contributed by atoms with Crippen molar-refractivity contribution in [2.75, 3.05) is 0 Å². The van der Waals surface area contributed by atoms with E-state index in [0.717, 1.165) is 22.0 Å². The second-order valence-corrected chi connectivity index (χ2v) is 4.79. The first-order valence-corrected chi connectivity index (χ1v) is 6.48. The van der Waals surface area contributed by atoms with Crippen LogP contribution in [0.2, 0.25) is 0 Å². The summed E-state index contributed by atoms with van der Waals surface area (Å²) >= 11 is 0. The molecule has 2 aromatic carbocycles. The number of benzene rings is 2. The first-order chi connectivity index (χ1) is 9.84. The molecule has 3 heteroatoms. The maximum Gasteiger partial charge on any atom is 0.340 e. The highest BCUT2D eigenvalue weighted by molar-refractivity contribution is 6.08. The van der Waals surface area contributed by atoms with Crippen LogP contribution in [0.4, 0.5) is 0 Å². The van der Waals surface area contributed by atoms with E-state index in [1.165, 1.54) is 0 Å². The molecular formula is C17H11NO2. The third-order valence-corrected chi connectivity index (χ3v) is 3.63. The van der Waals surface area contributed by atoms with Gasteiger partial charge in [0.05, 0.1) is 11.3 Å². The number of fused-ring (bicyclic) bond motifs is 3. The third-order valence-electron chi connectivity index (χ3n) is 3.63. The Morgan fingerprint density at radius 1 is 0.950 bits per heavy atom. The predicted octanol–water partition coefficient (Wildman–Crippen LogP) is 3.49. The normalized spacial score (nSPS) is 17.0. The van der Waals surface area contributed by atoms with Crippen LogP contribution in [0.25, 0.3) is 10.8 Å². The van der Waals surface area contributed by atoms with Gasteiger partial charge in [-0.25, -0.2) is 4.79 Å². The highest BCUT2D eigenvalue weighted by Gasteiger charge is 2.34. The molecule has 0 amide bonds. The highest BCUT2D eigenvalue weighted by atomic mass is 16.5. The van der Waals surface area contributed by atoms with Gasteiger partial charge in [0.2, 0.25) is 0 Å². The monoisotopic (exact) mass is 261 g/mol. The fraction of sp³-hybridized carbons (Fsp3) is 0.0588. The molecule has 1 unspecified atom stereocenters. The lowest BCUT2D eigenvalue weighted by Gasteiger charge is -2.09. The number of hydrogen-bond donors (Lipinski definition) is 0. The first-order valence-electron chi connectivity index (χ1n) is 6.48. The van der Waals surface area contributed by atoms with E-state index in [0.29, 0.717) is 5.56 Å². The summed E-state index contributed by atoms with van der Waals surface area (Å²) in [4.78, 5) is 16.5. The van der Waals surface area contributed by atoms with Crippen molar-refractivity contribution in [2.45, 2.75) is 6.10 Å². The van der Waals surface area contributed by atoms with Crippen molar-refractivity contribution in [3.05, 3.63) is 77.6 Å². The van der Waals surface area contributed by atoms with Gasteiger partial charge in [0.1, 0.15) is 0 Å². The van der Waals surface area contributed by atoms with E-state index in [9.17, 15) is 4.79 Å². The highest BCUT2D eigenvalue weighted by Crippen LogP contribution is 2.38. The number of cyclic esters (lactones) is 1. The number of hydrogen-bond acceptors (Lipinski definition) is 3. The minimum absolute atomic E-state index is 0.271. The Labute approximate surface area is 115 Å². The largest absolute Gasteiger partial charge is 0.447 e. The third kappa shape index (κ3) is 1.53. The van der Waals surface area contributed by atoms with E-state index < -0.39 is 6.10 Å². The van der Waals surface area contributed by atoms with Gasteiger partial charge in [-0.05, 0) is 22.9 Å². The van der Waals surface area contributed by atoms with Gasteiger partial charge in [-0.1, -0.05) is 42.5 Å². The van der Waals surface area contributed by atoms with Gasteiger partial charge >= 0.3 is 5.97 Å². The van der Waals surface area contributed by atoms with Crippen LogP contribution in [-0.4, -0.2) is 11.0 Å². The number of aromatic nitrogens is 1. The van der Waals surface area contributed by atoms with Gasteiger partial charge in [0, 0.05) is 11.8 Å². The van der Waals surface area contributed by atoms with Crippen molar-refractivity contribution in [1.29, 1.82) is 0 Å². The van der Waals surface area contributed by atoms with E-state index in [1.54, 1.807) is 6.20 Å². The minimum Gasteiger partial charge on any atom is -0.447 e. The number of carbonyl (C=O) groups is 1. The molecule has 96 valence electrons. The molecule has 4 rings (SSSR count). The van der Waals surface area contributed by atoms with Crippen LogP contribution in [0.15, 0.2) is 60.8 Å². The molecule has 0 aliphatic carbocycles. The zero-order valence-corrected chi connectivity index (χ0v) is 10.6. The summed E-state index contributed by atoms with van der Waals surface area (Å²) in [5.41, 5.74) is 2.32. The maximum absolute atomic E-state index is 12.2. The van der Waals surface area contributed by atoms with Gasteiger partial charge in [-0.2, -0.15) is 0 Å². The summed E-state index contributed by atoms with van der Waals surface area (Å²) in [7, 11) is 0. The Bertz CT molecular complexity index is 812. The van der Waals surface area contributed by atoms with Crippen LogP contribution in [0.1, 0.15) is 27.7 Å². The van der Waals surface area contributed by atoms with Crippen LogP contribution in [0.3, 0.4) is 0 Å². The molecule has 2 heterocycles. The molecule has 0 saturated heterocycles. The number of pyridine rings is 1. The molecule has 0 saturated carbocycles. The maximum atomic E-state index is 12.2. The van der Waals surface area contributed by atoms with Crippen LogP contribution < -0.4 is 0 Å². The molecule has 1 aromatic heterocycles. The van der Waals surface area contributed by atoms with E-state index in [1.807, 2.05) is 54.6 Å². The Morgan fingerprint density at radius 3 is 2.65 bits per heavy atom. The van der Waals surface area contributed by atoms with E-state index in [2.05, 4.69) is 4.98 Å². The molecule has 1 aliphatic rings. The zero-order chi connectivity index (χ0) is 13.5. The summed E-state index contributed by atoms with van der Waals surface area (Å²) in [6.45, 7) is 0.